The zero-order valence-electron chi connectivity index (χ0n) is 11.0. The summed E-state index contributed by atoms with van der Waals surface area (Å²) in [4.78, 5) is 0. The standard InChI is InChI=1S/C14H13FN4/c1-8-4-5-11(15)6-13(8)17-14-12(7-16)9(2)10(3)18-19-14/h4-6H,1-3H3,(H,17,19). The number of anilines is 2. The van der Waals surface area contributed by atoms with Gasteiger partial charge >= 0.3 is 0 Å². The van der Waals surface area contributed by atoms with Crippen molar-refractivity contribution in [2.24, 2.45) is 0 Å². The van der Waals surface area contributed by atoms with Gasteiger partial charge < -0.3 is 5.32 Å². The van der Waals surface area contributed by atoms with Gasteiger partial charge in [0, 0.05) is 5.69 Å². The van der Waals surface area contributed by atoms with E-state index in [4.69, 9.17) is 0 Å². The van der Waals surface area contributed by atoms with Gasteiger partial charge in [-0.2, -0.15) is 10.4 Å². The van der Waals surface area contributed by atoms with Crippen LogP contribution in [0.4, 0.5) is 15.9 Å². The molecule has 96 valence electrons. The van der Waals surface area contributed by atoms with Crippen molar-refractivity contribution < 1.29 is 4.39 Å². The second-order valence-electron chi connectivity index (χ2n) is 4.33. The molecule has 0 spiro atoms. The third kappa shape index (κ3) is 2.52. The van der Waals surface area contributed by atoms with Crippen LogP contribution in [0.15, 0.2) is 18.2 Å². The minimum absolute atomic E-state index is 0.344. The molecule has 1 aromatic carbocycles. The van der Waals surface area contributed by atoms with Crippen molar-refractivity contribution in [3.05, 3.63) is 46.4 Å². The van der Waals surface area contributed by atoms with Gasteiger partial charge in [-0.25, -0.2) is 4.39 Å². The molecule has 0 aliphatic heterocycles. The molecule has 2 rings (SSSR count). The molecule has 1 aromatic heterocycles. The molecule has 0 aliphatic carbocycles. The van der Waals surface area contributed by atoms with Crippen LogP contribution in [0.5, 0.6) is 0 Å². The molecule has 0 atom stereocenters. The monoisotopic (exact) mass is 256 g/mol. The molecule has 0 unspecified atom stereocenters. The van der Waals surface area contributed by atoms with Crippen LogP contribution in [0, 0.1) is 37.9 Å². The Morgan fingerprint density at radius 2 is 1.95 bits per heavy atom. The number of aryl methyl sites for hydroxylation is 2. The highest BCUT2D eigenvalue weighted by Crippen LogP contribution is 2.24. The number of halogens is 1. The maximum Gasteiger partial charge on any atom is 0.171 e. The van der Waals surface area contributed by atoms with Gasteiger partial charge in [-0.1, -0.05) is 6.07 Å². The molecular formula is C14H13FN4. The van der Waals surface area contributed by atoms with Gasteiger partial charge in [-0.3, -0.25) is 0 Å². The van der Waals surface area contributed by atoms with E-state index in [2.05, 4.69) is 21.6 Å². The molecule has 5 heteroatoms. The lowest BCUT2D eigenvalue weighted by atomic mass is 10.1. The fraction of sp³-hybridized carbons (Fsp3) is 0.214. The summed E-state index contributed by atoms with van der Waals surface area (Å²) in [5, 5.41) is 20.1. The molecule has 0 aliphatic rings. The molecule has 2 aromatic rings. The van der Waals surface area contributed by atoms with Gasteiger partial charge in [-0.15, -0.1) is 5.10 Å². The van der Waals surface area contributed by atoms with Gasteiger partial charge in [0.25, 0.3) is 0 Å². The molecule has 1 heterocycles. The summed E-state index contributed by atoms with van der Waals surface area (Å²) < 4.78 is 13.2. The van der Waals surface area contributed by atoms with Crippen molar-refractivity contribution in [2.75, 3.05) is 5.32 Å². The number of nitrogens with one attached hydrogen (secondary N) is 1. The fourth-order valence-corrected chi connectivity index (χ4v) is 1.69. The summed E-state index contributed by atoms with van der Waals surface area (Å²) in [6.07, 6.45) is 0. The summed E-state index contributed by atoms with van der Waals surface area (Å²) >= 11 is 0. The Labute approximate surface area is 110 Å². The number of nitriles is 1. The van der Waals surface area contributed by atoms with Crippen molar-refractivity contribution in [2.45, 2.75) is 20.8 Å². The molecule has 0 radical (unpaired) electrons. The molecule has 0 saturated heterocycles. The molecular weight excluding hydrogens is 243 g/mol. The van der Waals surface area contributed by atoms with Crippen LogP contribution < -0.4 is 5.32 Å². The van der Waals surface area contributed by atoms with E-state index in [1.54, 1.807) is 13.0 Å². The third-order valence-electron chi connectivity index (χ3n) is 3.02. The van der Waals surface area contributed by atoms with Gasteiger partial charge in [0.1, 0.15) is 17.4 Å². The van der Waals surface area contributed by atoms with Gasteiger partial charge in [0.2, 0.25) is 0 Å². The van der Waals surface area contributed by atoms with E-state index in [0.29, 0.717) is 22.8 Å². The average Bonchev–Trinajstić information content (AvgIpc) is 2.38. The number of hydrogen-bond acceptors (Lipinski definition) is 4. The maximum atomic E-state index is 13.2. The van der Waals surface area contributed by atoms with Gasteiger partial charge in [0.05, 0.1) is 5.69 Å². The normalized spacial score (nSPS) is 10.1. The van der Waals surface area contributed by atoms with Crippen LogP contribution in [-0.4, -0.2) is 10.2 Å². The Balaban J connectivity index is 2.47. The largest absolute Gasteiger partial charge is 0.337 e. The quantitative estimate of drug-likeness (QED) is 0.896. The van der Waals surface area contributed by atoms with E-state index in [0.717, 1.165) is 11.1 Å². The van der Waals surface area contributed by atoms with E-state index >= 15 is 0 Å². The SMILES string of the molecule is Cc1ccc(F)cc1Nc1nnc(C)c(C)c1C#N. The first-order valence-electron chi connectivity index (χ1n) is 5.80. The first kappa shape index (κ1) is 13.0. The maximum absolute atomic E-state index is 13.2. The number of benzene rings is 1. The Morgan fingerprint density at radius 3 is 2.63 bits per heavy atom. The molecule has 0 fully saturated rings. The summed E-state index contributed by atoms with van der Waals surface area (Å²) in [6, 6.07) is 6.52. The van der Waals surface area contributed by atoms with Gasteiger partial charge in [-0.05, 0) is 44.0 Å². The summed E-state index contributed by atoms with van der Waals surface area (Å²) in [6.45, 7) is 5.45. The molecule has 0 saturated carbocycles. The lowest BCUT2D eigenvalue weighted by Crippen LogP contribution is -2.04. The minimum Gasteiger partial charge on any atom is -0.337 e. The number of nitrogens with zero attached hydrogens (tertiary/aromatic N) is 3. The lowest BCUT2D eigenvalue weighted by Gasteiger charge is -2.11. The smallest absolute Gasteiger partial charge is 0.171 e. The van der Waals surface area contributed by atoms with Crippen LogP contribution in [-0.2, 0) is 0 Å². The van der Waals surface area contributed by atoms with Crippen LogP contribution in [0.3, 0.4) is 0 Å². The first-order valence-corrected chi connectivity index (χ1v) is 5.80. The van der Waals surface area contributed by atoms with Crippen molar-refractivity contribution in [1.29, 1.82) is 5.26 Å². The first-order chi connectivity index (χ1) is 9.02. The second kappa shape index (κ2) is 5.02. The average molecular weight is 256 g/mol. The van der Waals surface area contributed by atoms with Crippen LogP contribution >= 0.6 is 0 Å². The summed E-state index contributed by atoms with van der Waals surface area (Å²) in [7, 11) is 0. The lowest BCUT2D eigenvalue weighted by molar-refractivity contribution is 0.628. The van der Waals surface area contributed by atoms with Crippen LogP contribution in [0.2, 0.25) is 0 Å². The van der Waals surface area contributed by atoms with E-state index in [9.17, 15) is 9.65 Å². The predicted octanol–water partition coefficient (Wildman–Crippen LogP) is 3.16. The highest BCUT2D eigenvalue weighted by Gasteiger charge is 2.12. The Bertz CT molecular complexity index is 674. The van der Waals surface area contributed by atoms with Crippen molar-refractivity contribution in [1.82, 2.24) is 10.2 Å². The van der Waals surface area contributed by atoms with Crippen molar-refractivity contribution >= 4 is 11.5 Å². The summed E-state index contributed by atoms with van der Waals surface area (Å²) in [5.41, 5.74) is 3.35. The minimum atomic E-state index is -0.344. The zero-order chi connectivity index (χ0) is 14.0. The summed E-state index contributed by atoms with van der Waals surface area (Å²) in [5.74, 6) is 0.00250. The molecule has 1 N–H and O–H groups in total. The predicted molar refractivity (Wildman–Crippen MR) is 70.6 cm³/mol. The van der Waals surface area contributed by atoms with E-state index < -0.39 is 0 Å². The van der Waals surface area contributed by atoms with Crippen LogP contribution in [0.25, 0.3) is 0 Å². The molecule has 0 amide bonds. The second-order valence-corrected chi connectivity index (χ2v) is 4.33. The van der Waals surface area contributed by atoms with E-state index in [1.807, 2.05) is 13.8 Å². The van der Waals surface area contributed by atoms with E-state index in [1.165, 1.54) is 12.1 Å². The number of rotatable bonds is 2. The third-order valence-corrected chi connectivity index (χ3v) is 3.02. The van der Waals surface area contributed by atoms with Crippen LogP contribution in [0.1, 0.15) is 22.4 Å². The van der Waals surface area contributed by atoms with E-state index in [-0.39, 0.29) is 5.82 Å². The topological polar surface area (TPSA) is 61.6 Å². The Hall–Kier alpha value is -2.48. The van der Waals surface area contributed by atoms with Gasteiger partial charge in [0.15, 0.2) is 5.82 Å². The molecule has 0 bridgehead atoms. The number of aromatic nitrogens is 2. The molecule has 19 heavy (non-hydrogen) atoms. The molecule has 4 nitrogen and oxygen atoms in total. The number of hydrogen-bond donors (Lipinski definition) is 1. The van der Waals surface area contributed by atoms with Crippen molar-refractivity contribution in [3.8, 4) is 6.07 Å². The van der Waals surface area contributed by atoms with Crippen molar-refractivity contribution in [3.63, 3.8) is 0 Å². The highest BCUT2D eigenvalue weighted by molar-refractivity contribution is 5.66. The zero-order valence-corrected chi connectivity index (χ0v) is 11.0. The highest BCUT2D eigenvalue weighted by atomic mass is 19.1. The Morgan fingerprint density at radius 1 is 1.21 bits per heavy atom. The fourth-order valence-electron chi connectivity index (χ4n) is 1.69. The Kier molecular flexibility index (Phi) is 3.43.